The van der Waals surface area contributed by atoms with Gasteiger partial charge in [0.1, 0.15) is 5.60 Å². The van der Waals surface area contributed by atoms with Gasteiger partial charge >= 0.3 is 12.1 Å². The highest BCUT2D eigenvalue weighted by Crippen LogP contribution is 2.29. The van der Waals surface area contributed by atoms with Gasteiger partial charge < -0.3 is 14.5 Å². The molecule has 7 nitrogen and oxygen atoms in total. The molecule has 8 heteroatoms. The molecule has 156 valence electrons. The molecule has 3 amide bonds. The van der Waals surface area contributed by atoms with Crippen LogP contribution in [0.5, 0.6) is 0 Å². The van der Waals surface area contributed by atoms with Crippen molar-refractivity contribution in [3.8, 4) is 10.4 Å². The molecule has 1 saturated heterocycles. The minimum absolute atomic E-state index is 0.0680. The van der Waals surface area contributed by atoms with E-state index in [0.717, 1.165) is 23.3 Å². The number of hydrogen-bond donors (Lipinski definition) is 1. The van der Waals surface area contributed by atoms with Gasteiger partial charge in [0.05, 0.1) is 4.88 Å². The Morgan fingerprint density at radius 1 is 1.21 bits per heavy atom. The first-order valence-corrected chi connectivity index (χ1v) is 10.6. The van der Waals surface area contributed by atoms with Crippen LogP contribution in [0.4, 0.5) is 14.7 Å². The number of likely N-dealkylation sites (tertiary alicyclic amines) is 1. The van der Waals surface area contributed by atoms with Crippen LogP contribution in [-0.4, -0.2) is 58.7 Å². The molecule has 1 aromatic heterocycles. The number of benzene rings is 1. The van der Waals surface area contributed by atoms with E-state index in [0.29, 0.717) is 18.2 Å². The molecule has 0 radical (unpaired) electrons. The number of amides is 3. The summed E-state index contributed by atoms with van der Waals surface area (Å²) >= 11 is 1.45. The van der Waals surface area contributed by atoms with E-state index in [9.17, 15) is 9.59 Å². The maximum Gasteiger partial charge on any atom is 0.410 e. The quantitative estimate of drug-likeness (QED) is 0.789. The standard InChI is InChI=1S/C21H28N4O3S/c1-21(2,3)28-20(27)24(4)16-10-12-25(13-11-16)19(26)23-18-22-14-17(29-18)15-8-6-5-7-9-15/h5-9,14,16H,10-13H2,1-4H3,(H,22,23,26). The molecule has 1 aliphatic rings. The fourth-order valence-corrected chi connectivity index (χ4v) is 3.99. The molecule has 1 aliphatic heterocycles. The number of anilines is 1. The van der Waals surface area contributed by atoms with Gasteiger partial charge in [0, 0.05) is 32.4 Å². The van der Waals surface area contributed by atoms with Crippen LogP contribution < -0.4 is 5.32 Å². The molecule has 2 heterocycles. The van der Waals surface area contributed by atoms with Crippen LogP contribution in [0.3, 0.4) is 0 Å². The Labute approximate surface area is 175 Å². The maximum atomic E-state index is 12.6. The Hall–Kier alpha value is -2.61. The first kappa shape index (κ1) is 21.1. The van der Waals surface area contributed by atoms with Gasteiger partial charge in [-0.25, -0.2) is 14.6 Å². The second-order valence-corrected chi connectivity index (χ2v) is 9.17. The van der Waals surface area contributed by atoms with Crippen molar-refractivity contribution in [3.05, 3.63) is 36.5 Å². The third kappa shape index (κ3) is 5.69. The number of nitrogens with one attached hydrogen (secondary N) is 1. The fourth-order valence-electron chi connectivity index (χ4n) is 3.18. The summed E-state index contributed by atoms with van der Waals surface area (Å²) < 4.78 is 5.43. The zero-order valence-electron chi connectivity index (χ0n) is 17.3. The zero-order valence-corrected chi connectivity index (χ0v) is 18.2. The second-order valence-electron chi connectivity index (χ2n) is 8.14. The van der Waals surface area contributed by atoms with Crippen LogP contribution >= 0.6 is 11.3 Å². The van der Waals surface area contributed by atoms with E-state index < -0.39 is 5.60 Å². The highest BCUT2D eigenvalue weighted by atomic mass is 32.1. The lowest BCUT2D eigenvalue weighted by molar-refractivity contribution is 0.0170. The van der Waals surface area contributed by atoms with Crippen LogP contribution in [0, 0.1) is 0 Å². The van der Waals surface area contributed by atoms with Crippen LogP contribution in [0.15, 0.2) is 36.5 Å². The van der Waals surface area contributed by atoms with Gasteiger partial charge in [-0.15, -0.1) is 0 Å². The molecule has 0 saturated carbocycles. The number of thiazole rings is 1. The molecule has 1 N–H and O–H groups in total. The van der Waals surface area contributed by atoms with Gasteiger partial charge in [-0.05, 0) is 39.2 Å². The van der Waals surface area contributed by atoms with Gasteiger partial charge in [0.15, 0.2) is 5.13 Å². The highest BCUT2D eigenvalue weighted by molar-refractivity contribution is 7.19. The van der Waals surface area contributed by atoms with E-state index in [1.54, 1.807) is 23.0 Å². The lowest BCUT2D eigenvalue weighted by Gasteiger charge is -2.37. The summed E-state index contributed by atoms with van der Waals surface area (Å²) in [5.74, 6) is 0. The summed E-state index contributed by atoms with van der Waals surface area (Å²) in [7, 11) is 1.76. The van der Waals surface area contributed by atoms with Crippen molar-refractivity contribution < 1.29 is 14.3 Å². The number of aromatic nitrogens is 1. The first-order valence-electron chi connectivity index (χ1n) is 9.76. The predicted molar refractivity (Wildman–Crippen MR) is 115 cm³/mol. The number of carbonyl (C=O) groups is 2. The second kappa shape index (κ2) is 8.82. The van der Waals surface area contributed by atoms with Crippen LogP contribution in [0.25, 0.3) is 10.4 Å². The van der Waals surface area contributed by atoms with Gasteiger partial charge in [-0.2, -0.15) is 0 Å². The van der Waals surface area contributed by atoms with E-state index >= 15 is 0 Å². The first-order chi connectivity index (χ1) is 13.7. The summed E-state index contributed by atoms with van der Waals surface area (Å²) in [6.07, 6.45) is 2.89. The predicted octanol–water partition coefficient (Wildman–Crippen LogP) is 4.67. The Kier molecular flexibility index (Phi) is 6.42. The molecule has 0 atom stereocenters. The maximum absolute atomic E-state index is 12.6. The minimum Gasteiger partial charge on any atom is -0.444 e. The third-order valence-electron chi connectivity index (χ3n) is 4.76. The molecule has 1 aromatic carbocycles. The Balaban J connectivity index is 1.50. The number of carbonyl (C=O) groups excluding carboxylic acids is 2. The van der Waals surface area contributed by atoms with Crippen LogP contribution in [0.2, 0.25) is 0 Å². The Bertz CT molecular complexity index is 839. The number of rotatable bonds is 3. The van der Waals surface area contributed by atoms with Gasteiger partial charge in [-0.1, -0.05) is 41.7 Å². The minimum atomic E-state index is -0.516. The van der Waals surface area contributed by atoms with Crippen molar-refractivity contribution in [3.63, 3.8) is 0 Å². The van der Waals surface area contributed by atoms with Gasteiger partial charge in [0.2, 0.25) is 0 Å². The highest BCUT2D eigenvalue weighted by Gasteiger charge is 2.30. The molecular weight excluding hydrogens is 388 g/mol. The van der Waals surface area contributed by atoms with Crippen molar-refractivity contribution in [2.45, 2.75) is 45.3 Å². The summed E-state index contributed by atoms with van der Waals surface area (Å²) in [5, 5.41) is 3.47. The van der Waals surface area contributed by atoms with E-state index in [1.165, 1.54) is 11.3 Å². The molecule has 1 fully saturated rings. The van der Waals surface area contributed by atoms with Crippen molar-refractivity contribution in [1.29, 1.82) is 0 Å². The van der Waals surface area contributed by atoms with Gasteiger partial charge in [-0.3, -0.25) is 5.32 Å². The summed E-state index contributed by atoms with van der Waals surface area (Å²) in [5.41, 5.74) is 0.564. The lowest BCUT2D eigenvalue weighted by Crippen LogP contribution is -2.49. The number of nitrogens with zero attached hydrogens (tertiary/aromatic N) is 3. The van der Waals surface area contributed by atoms with Gasteiger partial charge in [0.25, 0.3) is 0 Å². The third-order valence-corrected chi connectivity index (χ3v) is 5.72. The van der Waals surface area contributed by atoms with E-state index in [1.807, 2.05) is 51.1 Å². The molecule has 0 aliphatic carbocycles. The Morgan fingerprint density at radius 2 is 1.86 bits per heavy atom. The average Bonchev–Trinajstić information content (AvgIpc) is 3.15. The molecule has 29 heavy (non-hydrogen) atoms. The monoisotopic (exact) mass is 416 g/mol. The lowest BCUT2D eigenvalue weighted by atomic mass is 10.0. The van der Waals surface area contributed by atoms with E-state index in [4.69, 9.17) is 4.74 Å². The Morgan fingerprint density at radius 3 is 2.48 bits per heavy atom. The van der Waals surface area contributed by atoms with Crippen LogP contribution in [0.1, 0.15) is 33.6 Å². The van der Waals surface area contributed by atoms with E-state index in [-0.39, 0.29) is 18.2 Å². The summed E-state index contributed by atoms with van der Waals surface area (Å²) in [4.78, 5) is 33.6. The SMILES string of the molecule is CN(C(=O)OC(C)(C)C)C1CCN(C(=O)Nc2ncc(-c3ccccc3)s2)CC1. The van der Waals surface area contributed by atoms with Crippen molar-refractivity contribution in [2.75, 3.05) is 25.5 Å². The summed E-state index contributed by atoms with van der Waals surface area (Å²) in [6.45, 7) is 6.73. The molecule has 3 rings (SSSR count). The number of urea groups is 1. The number of piperidine rings is 1. The molecular formula is C21H28N4O3S. The normalized spacial score (nSPS) is 15.1. The smallest absolute Gasteiger partial charge is 0.410 e. The average molecular weight is 417 g/mol. The molecule has 2 aromatic rings. The van der Waals surface area contributed by atoms with E-state index in [2.05, 4.69) is 10.3 Å². The van der Waals surface area contributed by atoms with Crippen molar-refractivity contribution in [1.82, 2.24) is 14.8 Å². The zero-order chi connectivity index (χ0) is 21.0. The van der Waals surface area contributed by atoms with Crippen LogP contribution in [-0.2, 0) is 4.74 Å². The number of hydrogen-bond acceptors (Lipinski definition) is 5. The largest absolute Gasteiger partial charge is 0.444 e. The van der Waals surface area contributed by atoms with Crippen molar-refractivity contribution in [2.24, 2.45) is 0 Å². The molecule has 0 unspecified atom stereocenters. The topological polar surface area (TPSA) is 74.8 Å². The summed E-state index contributed by atoms with van der Waals surface area (Å²) in [6, 6.07) is 9.88. The molecule has 0 spiro atoms. The van der Waals surface area contributed by atoms with Crippen molar-refractivity contribution >= 4 is 28.6 Å². The number of ether oxygens (including phenoxy) is 1. The fraction of sp³-hybridized carbons (Fsp3) is 0.476. The molecule has 0 bridgehead atoms.